The van der Waals surface area contributed by atoms with Gasteiger partial charge in [0.2, 0.25) is 0 Å². The summed E-state index contributed by atoms with van der Waals surface area (Å²) in [5.74, 6) is 1.10. The molecule has 3 fully saturated rings. The molecule has 100 valence electrons. The van der Waals surface area contributed by atoms with Crippen LogP contribution in [0.5, 0.6) is 0 Å². The van der Waals surface area contributed by atoms with Gasteiger partial charge in [-0.3, -0.25) is 0 Å². The number of hydrogen-bond donors (Lipinski definition) is 3. The van der Waals surface area contributed by atoms with Crippen LogP contribution in [0.4, 0.5) is 5.82 Å². The largest absolute Gasteiger partial charge is 0.385 e. The minimum atomic E-state index is -0.775. The van der Waals surface area contributed by atoms with Gasteiger partial charge in [0.05, 0.1) is 18.1 Å². The number of aliphatic hydroxyl groups is 1. The first-order valence-electron chi connectivity index (χ1n) is 6.60. The molecule has 1 aliphatic carbocycles. The van der Waals surface area contributed by atoms with Crippen LogP contribution in [0.2, 0.25) is 0 Å². The predicted molar refractivity (Wildman–Crippen MR) is 69.8 cm³/mol. The molecule has 2 saturated heterocycles. The van der Waals surface area contributed by atoms with E-state index in [0.29, 0.717) is 25.2 Å². The monoisotopic (exact) mass is 260 g/mol. The van der Waals surface area contributed by atoms with E-state index in [2.05, 4.69) is 20.3 Å². The van der Waals surface area contributed by atoms with Crippen LogP contribution < -0.4 is 5.32 Å². The molecule has 0 unspecified atom stereocenters. The van der Waals surface area contributed by atoms with Crippen molar-refractivity contribution in [2.45, 2.75) is 24.5 Å². The topological polar surface area (TPSA) is 83.1 Å². The maximum atomic E-state index is 10.6. The van der Waals surface area contributed by atoms with Gasteiger partial charge in [-0.1, -0.05) is 0 Å². The number of aromatic amines is 1. The van der Waals surface area contributed by atoms with Gasteiger partial charge >= 0.3 is 0 Å². The maximum Gasteiger partial charge on any atom is 0.142 e. The SMILES string of the molecule is O[C@@]1(CNc2ncnc3[nH]ccc23)COC2CC1C2. The minimum Gasteiger partial charge on any atom is -0.385 e. The zero-order chi connectivity index (χ0) is 12.9. The molecule has 4 heterocycles. The Kier molecular flexibility index (Phi) is 2.31. The number of hydrogen-bond acceptors (Lipinski definition) is 5. The smallest absolute Gasteiger partial charge is 0.142 e. The molecule has 2 aromatic heterocycles. The van der Waals surface area contributed by atoms with Crippen LogP contribution in [-0.2, 0) is 4.74 Å². The number of nitrogens with zero attached hydrogens (tertiary/aromatic N) is 2. The van der Waals surface area contributed by atoms with Crippen molar-refractivity contribution in [1.29, 1.82) is 0 Å². The van der Waals surface area contributed by atoms with Crippen LogP contribution in [0.15, 0.2) is 18.6 Å². The van der Waals surface area contributed by atoms with Crippen molar-refractivity contribution in [3.63, 3.8) is 0 Å². The van der Waals surface area contributed by atoms with E-state index in [1.54, 1.807) is 0 Å². The van der Waals surface area contributed by atoms with Crippen LogP contribution in [0.25, 0.3) is 11.0 Å². The summed E-state index contributed by atoms with van der Waals surface area (Å²) in [6, 6.07) is 1.93. The van der Waals surface area contributed by atoms with Gasteiger partial charge in [-0.25, -0.2) is 9.97 Å². The van der Waals surface area contributed by atoms with E-state index in [-0.39, 0.29) is 0 Å². The third-order valence-corrected chi connectivity index (χ3v) is 4.34. The Morgan fingerprint density at radius 1 is 1.47 bits per heavy atom. The predicted octanol–water partition coefficient (Wildman–Crippen LogP) is 0.910. The highest BCUT2D eigenvalue weighted by Crippen LogP contribution is 2.43. The van der Waals surface area contributed by atoms with E-state index in [1.807, 2.05) is 12.3 Å². The van der Waals surface area contributed by atoms with Gasteiger partial charge in [0, 0.05) is 12.7 Å². The summed E-state index contributed by atoms with van der Waals surface area (Å²) in [5.41, 5.74) is 0.0237. The van der Waals surface area contributed by atoms with Crippen molar-refractivity contribution in [2.24, 2.45) is 5.92 Å². The molecule has 2 aromatic rings. The molecule has 1 atom stereocenters. The molecule has 2 aliphatic heterocycles. The fourth-order valence-corrected chi connectivity index (χ4v) is 2.97. The highest BCUT2D eigenvalue weighted by Gasteiger charge is 2.50. The number of nitrogens with one attached hydrogen (secondary N) is 2. The summed E-state index contributed by atoms with van der Waals surface area (Å²) < 4.78 is 5.59. The summed E-state index contributed by atoms with van der Waals surface area (Å²) in [5, 5.41) is 14.8. The van der Waals surface area contributed by atoms with Crippen molar-refractivity contribution in [3.8, 4) is 0 Å². The Morgan fingerprint density at radius 2 is 2.37 bits per heavy atom. The number of ether oxygens (including phenoxy) is 1. The number of aromatic nitrogens is 3. The molecule has 0 spiro atoms. The summed E-state index contributed by atoms with van der Waals surface area (Å²) in [7, 11) is 0. The summed E-state index contributed by atoms with van der Waals surface area (Å²) in [4.78, 5) is 11.4. The van der Waals surface area contributed by atoms with Gasteiger partial charge in [0.1, 0.15) is 23.4 Å². The van der Waals surface area contributed by atoms with E-state index in [1.165, 1.54) is 6.33 Å². The van der Waals surface area contributed by atoms with Gasteiger partial charge in [-0.2, -0.15) is 0 Å². The van der Waals surface area contributed by atoms with Crippen LogP contribution in [0.3, 0.4) is 0 Å². The van der Waals surface area contributed by atoms with Crippen molar-refractivity contribution >= 4 is 16.9 Å². The van der Waals surface area contributed by atoms with Crippen molar-refractivity contribution in [2.75, 3.05) is 18.5 Å². The lowest BCUT2D eigenvalue weighted by Crippen LogP contribution is -2.60. The van der Waals surface area contributed by atoms with Gasteiger partial charge < -0.3 is 20.1 Å². The van der Waals surface area contributed by atoms with E-state index >= 15 is 0 Å². The summed E-state index contributed by atoms with van der Waals surface area (Å²) >= 11 is 0. The Bertz CT molecular complexity index is 605. The number of H-pyrrole nitrogens is 1. The van der Waals surface area contributed by atoms with Gasteiger partial charge in [-0.15, -0.1) is 0 Å². The average molecular weight is 260 g/mol. The summed E-state index contributed by atoms with van der Waals surface area (Å²) in [6.45, 7) is 0.873. The molecule has 1 saturated carbocycles. The molecule has 19 heavy (non-hydrogen) atoms. The zero-order valence-electron chi connectivity index (χ0n) is 10.5. The Hall–Kier alpha value is -1.66. The molecule has 6 heteroatoms. The zero-order valence-corrected chi connectivity index (χ0v) is 10.5. The van der Waals surface area contributed by atoms with Crippen LogP contribution in [0, 0.1) is 5.92 Å². The van der Waals surface area contributed by atoms with Crippen LogP contribution in [0.1, 0.15) is 12.8 Å². The first-order chi connectivity index (χ1) is 9.24. The van der Waals surface area contributed by atoms with E-state index in [0.717, 1.165) is 29.7 Å². The molecule has 0 aromatic carbocycles. The van der Waals surface area contributed by atoms with Crippen molar-refractivity contribution < 1.29 is 9.84 Å². The normalized spacial score (nSPS) is 33.1. The second-order valence-electron chi connectivity index (χ2n) is 5.52. The minimum absolute atomic E-state index is 0.349. The van der Waals surface area contributed by atoms with Crippen LogP contribution >= 0.6 is 0 Å². The van der Waals surface area contributed by atoms with Gasteiger partial charge in [-0.05, 0) is 24.8 Å². The molecule has 3 N–H and O–H groups in total. The lowest BCUT2D eigenvalue weighted by atomic mass is 9.68. The lowest BCUT2D eigenvalue weighted by molar-refractivity contribution is -0.211. The fourth-order valence-electron chi connectivity index (χ4n) is 2.97. The fraction of sp³-hybridized carbons (Fsp3) is 0.538. The maximum absolute atomic E-state index is 10.6. The second kappa shape index (κ2) is 3.91. The highest BCUT2D eigenvalue weighted by atomic mass is 16.5. The Labute approximate surface area is 110 Å². The number of anilines is 1. The van der Waals surface area contributed by atoms with E-state index in [4.69, 9.17) is 4.74 Å². The molecular weight excluding hydrogens is 244 g/mol. The summed E-state index contributed by atoms with van der Waals surface area (Å²) in [6.07, 6.45) is 5.67. The third kappa shape index (κ3) is 1.71. The molecule has 0 radical (unpaired) electrons. The van der Waals surface area contributed by atoms with E-state index in [9.17, 15) is 5.11 Å². The highest BCUT2D eigenvalue weighted by molar-refractivity contribution is 5.86. The Balaban J connectivity index is 1.54. The average Bonchev–Trinajstić information content (AvgIpc) is 2.84. The molecule has 5 rings (SSSR count). The van der Waals surface area contributed by atoms with Crippen LogP contribution in [-0.4, -0.2) is 44.9 Å². The first kappa shape index (κ1) is 11.2. The van der Waals surface area contributed by atoms with E-state index < -0.39 is 5.60 Å². The number of rotatable bonds is 3. The Morgan fingerprint density at radius 3 is 3.16 bits per heavy atom. The van der Waals surface area contributed by atoms with Gasteiger partial charge in [0.25, 0.3) is 0 Å². The lowest BCUT2D eigenvalue weighted by Gasteiger charge is -2.51. The molecule has 6 nitrogen and oxygen atoms in total. The molecule has 2 bridgehead atoms. The van der Waals surface area contributed by atoms with Crippen molar-refractivity contribution in [3.05, 3.63) is 18.6 Å². The molecular formula is C13H16N4O2. The quantitative estimate of drug-likeness (QED) is 0.764. The van der Waals surface area contributed by atoms with Gasteiger partial charge in [0.15, 0.2) is 0 Å². The molecule has 0 amide bonds. The third-order valence-electron chi connectivity index (χ3n) is 4.34. The molecule has 3 aliphatic rings. The first-order valence-corrected chi connectivity index (χ1v) is 6.60. The van der Waals surface area contributed by atoms with Crippen molar-refractivity contribution in [1.82, 2.24) is 15.0 Å². The standard InChI is InChI=1S/C13H16N4O2/c18-13(6-19-9-3-8(13)4-9)5-15-12-10-1-2-14-11(10)16-7-17-12/h1-2,7-9,18H,3-6H2,(H2,14,15,16,17)/t8?,9?,13-/m0/s1. The second-order valence-corrected chi connectivity index (χ2v) is 5.52. The number of fused-ring (bicyclic) bond motifs is 3.